The Labute approximate surface area is 146 Å². The maximum Gasteiger partial charge on any atom is 0.236 e. The molecule has 0 aliphatic heterocycles. The van der Waals surface area contributed by atoms with Crippen LogP contribution in [0.3, 0.4) is 0 Å². The van der Waals surface area contributed by atoms with Crippen molar-refractivity contribution in [2.75, 3.05) is 18.2 Å². The van der Waals surface area contributed by atoms with Gasteiger partial charge in [-0.05, 0) is 17.7 Å². The average Bonchev–Trinajstić information content (AvgIpc) is 3.26. The molecule has 0 bridgehead atoms. The number of methoxy groups -OCH3 is 1. The summed E-state index contributed by atoms with van der Waals surface area (Å²) in [4.78, 5) is 20.2. The van der Waals surface area contributed by atoms with E-state index in [2.05, 4.69) is 25.5 Å². The van der Waals surface area contributed by atoms with E-state index in [-0.39, 0.29) is 11.7 Å². The number of carbonyl (C=O) groups is 1. The van der Waals surface area contributed by atoms with Crippen molar-refractivity contribution in [1.29, 1.82) is 0 Å². The SMILES string of the molecule is COc1ccc(Cc2nc(SCC(=O)Nc3nccs3)n[nH]2)cc1. The summed E-state index contributed by atoms with van der Waals surface area (Å²) in [6, 6.07) is 7.78. The Bertz CT molecular complexity index is 787. The molecule has 0 saturated heterocycles. The largest absolute Gasteiger partial charge is 0.497 e. The van der Waals surface area contributed by atoms with Gasteiger partial charge in [-0.2, -0.15) is 0 Å². The molecule has 7 nitrogen and oxygen atoms in total. The minimum atomic E-state index is -0.128. The van der Waals surface area contributed by atoms with Crippen LogP contribution < -0.4 is 10.1 Å². The highest BCUT2D eigenvalue weighted by molar-refractivity contribution is 7.99. The molecule has 0 unspecified atom stereocenters. The van der Waals surface area contributed by atoms with Gasteiger partial charge in [-0.1, -0.05) is 23.9 Å². The number of ether oxygens (including phenoxy) is 1. The number of thiazole rings is 1. The van der Waals surface area contributed by atoms with Gasteiger partial charge in [0.2, 0.25) is 11.1 Å². The zero-order chi connectivity index (χ0) is 16.8. The topological polar surface area (TPSA) is 92.8 Å². The maximum atomic E-state index is 11.8. The molecule has 3 aromatic rings. The van der Waals surface area contributed by atoms with E-state index in [1.54, 1.807) is 13.3 Å². The summed E-state index contributed by atoms with van der Waals surface area (Å²) in [5, 5.41) is 12.7. The second kappa shape index (κ2) is 7.93. The van der Waals surface area contributed by atoms with Crippen molar-refractivity contribution < 1.29 is 9.53 Å². The van der Waals surface area contributed by atoms with E-state index in [0.717, 1.165) is 17.1 Å². The fourth-order valence-electron chi connectivity index (χ4n) is 1.93. The van der Waals surface area contributed by atoms with Gasteiger partial charge in [0, 0.05) is 18.0 Å². The van der Waals surface area contributed by atoms with Gasteiger partial charge in [0.25, 0.3) is 0 Å². The first kappa shape index (κ1) is 16.5. The number of aromatic amines is 1. The lowest BCUT2D eigenvalue weighted by atomic mass is 10.1. The van der Waals surface area contributed by atoms with E-state index in [1.807, 2.05) is 29.6 Å². The van der Waals surface area contributed by atoms with Crippen LogP contribution in [0.5, 0.6) is 5.75 Å². The van der Waals surface area contributed by atoms with Crippen LogP contribution in [0.1, 0.15) is 11.4 Å². The monoisotopic (exact) mass is 361 g/mol. The van der Waals surface area contributed by atoms with Crippen LogP contribution in [0.15, 0.2) is 41.0 Å². The lowest BCUT2D eigenvalue weighted by Crippen LogP contribution is -2.13. The lowest BCUT2D eigenvalue weighted by Gasteiger charge is -2.01. The predicted molar refractivity (Wildman–Crippen MR) is 93.7 cm³/mol. The van der Waals surface area contributed by atoms with Crippen LogP contribution in [-0.2, 0) is 11.2 Å². The van der Waals surface area contributed by atoms with Crippen molar-refractivity contribution in [3.63, 3.8) is 0 Å². The molecule has 0 saturated carbocycles. The number of benzene rings is 1. The molecule has 0 fully saturated rings. The van der Waals surface area contributed by atoms with Gasteiger partial charge in [0.1, 0.15) is 11.6 Å². The fourth-order valence-corrected chi connectivity index (χ4v) is 3.09. The van der Waals surface area contributed by atoms with Crippen LogP contribution in [0.2, 0.25) is 0 Å². The summed E-state index contributed by atoms with van der Waals surface area (Å²) in [7, 11) is 1.64. The van der Waals surface area contributed by atoms with E-state index in [9.17, 15) is 4.79 Å². The molecule has 0 aliphatic carbocycles. The number of H-pyrrole nitrogens is 1. The first-order valence-corrected chi connectivity index (χ1v) is 8.96. The van der Waals surface area contributed by atoms with E-state index in [4.69, 9.17) is 4.74 Å². The van der Waals surface area contributed by atoms with Gasteiger partial charge in [0.05, 0.1) is 12.9 Å². The molecule has 3 rings (SSSR count). The van der Waals surface area contributed by atoms with Crippen LogP contribution in [0.4, 0.5) is 5.13 Å². The minimum absolute atomic E-state index is 0.128. The van der Waals surface area contributed by atoms with Gasteiger partial charge in [-0.15, -0.1) is 16.4 Å². The Morgan fingerprint density at radius 1 is 1.38 bits per heavy atom. The highest BCUT2D eigenvalue weighted by atomic mass is 32.2. The van der Waals surface area contributed by atoms with Crippen LogP contribution in [0.25, 0.3) is 0 Å². The Kier molecular flexibility index (Phi) is 5.44. The van der Waals surface area contributed by atoms with Gasteiger partial charge in [-0.3, -0.25) is 9.89 Å². The van der Waals surface area contributed by atoms with E-state index in [0.29, 0.717) is 16.7 Å². The second-order valence-electron chi connectivity index (χ2n) is 4.76. The van der Waals surface area contributed by atoms with Gasteiger partial charge in [-0.25, -0.2) is 9.97 Å². The van der Waals surface area contributed by atoms with Crippen LogP contribution in [0, 0.1) is 0 Å². The molecule has 24 heavy (non-hydrogen) atoms. The molecule has 0 spiro atoms. The smallest absolute Gasteiger partial charge is 0.236 e. The minimum Gasteiger partial charge on any atom is -0.497 e. The Morgan fingerprint density at radius 3 is 2.92 bits per heavy atom. The molecule has 2 heterocycles. The summed E-state index contributed by atoms with van der Waals surface area (Å²) in [5.74, 6) is 1.68. The number of aromatic nitrogens is 4. The highest BCUT2D eigenvalue weighted by Gasteiger charge is 2.09. The lowest BCUT2D eigenvalue weighted by molar-refractivity contribution is -0.113. The molecule has 0 radical (unpaired) electrons. The Hall–Kier alpha value is -2.39. The number of amides is 1. The van der Waals surface area contributed by atoms with Crippen molar-refractivity contribution in [1.82, 2.24) is 20.2 Å². The summed E-state index contributed by atoms with van der Waals surface area (Å²) < 4.78 is 5.13. The number of thioether (sulfide) groups is 1. The number of carbonyl (C=O) groups excluding carboxylic acids is 1. The average molecular weight is 361 g/mol. The first-order chi connectivity index (χ1) is 11.7. The second-order valence-corrected chi connectivity index (χ2v) is 6.60. The number of anilines is 1. The Balaban J connectivity index is 1.50. The van der Waals surface area contributed by atoms with Crippen molar-refractivity contribution in [3.8, 4) is 5.75 Å². The predicted octanol–water partition coefficient (Wildman–Crippen LogP) is 2.59. The zero-order valence-corrected chi connectivity index (χ0v) is 14.5. The fraction of sp³-hybridized carbons (Fsp3) is 0.200. The normalized spacial score (nSPS) is 10.5. The quantitative estimate of drug-likeness (QED) is 0.628. The number of hydrogen-bond acceptors (Lipinski definition) is 7. The third kappa shape index (κ3) is 4.56. The van der Waals surface area contributed by atoms with Crippen molar-refractivity contribution in [3.05, 3.63) is 47.2 Å². The molecular weight excluding hydrogens is 346 g/mol. The summed E-state index contributed by atoms with van der Waals surface area (Å²) >= 11 is 2.66. The molecule has 0 aliphatic rings. The zero-order valence-electron chi connectivity index (χ0n) is 12.9. The van der Waals surface area contributed by atoms with Crippen molar-refractivity contribution in [2.24, 2.45) is 0 Å². The molecule has 9 heteroatoms. The summed E-state index contributed by atoms with van der Waals surface area (Å²) in [6.45, 7) is 0. The summed E-state index contributed by atoms with van der Waals surface area (Å²) in [6.07, 6.45) is 2.29. The van der Waals surface area contributed by atoms with E-state index < -0.39 is 0 Å². The van der Waals surface area contributed by atoms with E-state index in [1.165, 1.54) is 23.1 Å². The van der Waals surface area contributed by atoms with Crippen molar-refractivity contribution >= 4 is 34.1 Å². The van der Waals surface area contributed by atoms with Crippen LogP contribution in [-0.4, -0.2) is 38.9 Å². The molecular formula is C15H15N5O2S2. The Morgan fingerprint density at radius 2 is 2.21 bits per heavy atom. The molecule has 2 aromatic heterocycles. The third-order valence-electron chi connectivity index (χ3n) is 3.05. The van der Waals surface area contributed by atoms with Gasteiger partial charge >= 0.3 is 0 Å². The standard InChI is InChI=1S/C15H15N5O2S2/c1-22-11-4-2-10(3-5-11)8-12-17-15(20-19-12)24-9-13(21)18-14-16-6-7-23-14/h2-7H,8-9H2,1H3,(H,16,18,21)(H,17,19,20). The van der Waals surface area contributed by atoms with Gasteiger partial charge < -0.3 is 10.1 Å². The molecule has 0 atom stereocenters. The van der Waals surface area contributed by atoms with Crippen LogP contribution >= 0.6 is 23.1 Å². The van der Waals surface area contributed by atoms with Crippen molar-refractivity contribution in [2.45, 2.75) is 11.6 Å². The third-order valence-corrected chi connectivity index (χ3v) is 4.59. The number of nitrogens with one attached hydrogen (secondary N) is 2. The van der Waals surface area contributed by atoms with Gasteiger partial charge in [0.15, 0.2) is 5.13 Å². The maximum absolute atomic E-state index is 11.8. The number of hydrogen-bond donors (Lipinski definition) is 2. The molecule has 2 N–H and O–H groups in total. The number of nitrogens with zero attached hydrogens (tertiary/aromatic N) is 3. The summed E-state index contributed by atoms with van der Waals surface area (Å²) in [5.41, 5.74) is 1.10. The van der Waals surface area contributed by atoms with E-state index >= 15 is 0 Å². The molecule has 124 valence electrons. The number of rotatable bonds is 7. The highest BCUT2D eigenvalue weighted by Crippen LogP contribution is 2.17. The molecule has 1 aromatic carbocycles. The molecule has 1 amide bonds. The first-order valence-electron chi connectivity index (χ1n) is 7.09.